The molecule has 8 heteroatoms. The lowest BCUT2D eigenvalue weighted by atomic mass is 10.2. The molecule has 3 aromatic rings. The van der Waals surface area contributed by atoms with Crippen LogP contribution in [0.3, 0.4) is 0 Å². The van der Waals surface area contributed by atoms with Crippen LogP contribution in [-0.4, -0.2) is 37.2 Å². The zero-order valence-electron chi connectivity index (χ0n) is 11.6. The molecule has 0 atom stereocenters. The minimum atomic E-state index is 0.522. The van der Waals surface area contributed by atoms with Crippen LogP contribution < -0.4 is 10.6 Å². The number of benzene rings is 1. The molecule has 0 bridgehead atoms. The van der Waals surface area contributed by atoms with Gasteiger partial charge in [-0.3, -0.25) is 0 Å². The van der Waals surface area contributed by atoms with Gasteiger partial charge >= 0.3 is 0 Å². The highest BCUT2D eigenvalue weighted by Gasteiger charge is 2.05. The highest BCUT2D eigenvalue weighted by molar-refractivity contribution is 5.60. The van der Waals surface area contributed by atoms with Gasteiger partial charge < -0.3 is 10.6 Å². The molecule has 0 unspecified atom stereocenters. The van der Waals surface area contributed by atoms with Gasteiger partial charge in [0.15, 0.2) is 0 Å². The zero-order chi connectivity index (χ0) is 14.7. The summed E-state index contributed by atoms with van der Waals surface area (Å²) >= 11 is 0. The molecule has 0 aliphatic rings. The first-order chi connectivity index (χ1) is 10.3. The fraction of sp³-hybridized carbons (Fsp3) is 0.154. The Morgan fingerprint density at radius 1 is 1.19 bits per heavy atom. The fourth-order valence-electron chi connectivity index (χ4n) is 1.89. The summed E-state index contributed by atoms with van der Waals surface area (Å²) in [5.41, 5.74) is 2.83. The van der Waals surface area contributed by atoms with E-state index in [2.05, 4.69) is 36.1 Å². The first kappa shape index (κ1) is 13.0. The van der Waals surface area contributed by atoms with Gasteiger partial charge in [-0.2, -0.15) is 4.98 Å². The van der Waals surface area contributed by atoms with E-state index in [9.17, 15) is 0 Å². The summed E-state index contributed by atoms with van der Waals surface area (Å²) in [5, 5.41) is 17.4. The number of nitrogens with one attached hydrogen (secondary N) is 2. The molecule has 0 spiro atoms. The summed E-state index contributed by atoms with van der Waals surface area (Å²) < 4.78 is 1.62. The maximum absolute atomic E-state index is 4.32. The molecular formula is C13H14N8. The van der Waals surface area contributed by atoms with E-state index in [1.54, 1.807) is 23.3 Å². The molecule has 1 aromatic carbocycles. The van der Waals surface area contributed by atoms with Crippen LogP contribution in [-0.2, 0) is 0 Å². The topological polar surface area (TPSA) is 93.4 Å². The van der Waals surface area contributed by atoms with Crippen LogP contribution in [0.4, 0.5) is 17.5 Å². The van der Waals surface area contributed by atoms with Gasteiger partial charge in [0.2, 0.25) is 5.95 Å². The normalized spacial score (nSPS) is 10.4. The Balaban J connectivity index is 1.91. The summed E-state index contributed by atoms with van der Waals surface area (Å²) in [7, 11) is 1.81. The third kappa shape index (κ3) is 2.78. The Labute approximate surface area is 121 Å². The highest BCUT2D eigenvalue weighted by atomic mass is 15.5. The predicted molar refractivity (Wildman–Crippen MR) is 78.8 cm³/mol. The largest absolute Gasteiger partial charge is 0.373 e. The molecule has 0 amide bonds. The van der Waals surface area contributed by atoms with Crippen molar-refractivity contribution in [1.82, 2.24) is 30.2 Å². The van der Waals surface area contributed by atoms with Crippen molar-refractivity contribution in [3.05, 3.63) is 42.4 Å². The quantitative estimate of drug-likeness (QED) is 0.749. The number of aromatic nitrogens is 6. The van der Waals surface area contributed by atoms with Gasteiger partial charge in [-0.15, -0.1) is 5.10 Å². The Bertz CT molecular complexity index is 738. The second kappa shape index (κ2) is 5.53. The van der Waals surface area contributed by atoms with Gasteiger partial charge in [-0.25, -0.2) is 9.67 Å². The summed E-state index contributed by atoms with van der Waals surface area (Å²) in [4.78, 5) is 8.51. The molecular weight excluding hydrogens is 268 g/mol. The minimum Gasteiger partial charge on any atom is -0.373 e. The van der Waals surface area contributed by atoms with Crippen molar-refractivity contribution >= 4 is 17.5 Å². The number of hydrogen-bond acceptors (Lipinski definition) is 7. The summed E-state index contributed by atoms with van der Waals surface area (Å²) in [6, 6.07) is 7.69. The molecule has 3 rings (SSSR count). The maximum atomic E-state index is 4.32. The maximum Gasteiger partial charge on any atom is 0.229 e. The predicted octanol–water partition coefficient (Wildman–Crippen LogP) is 1.55. The van der Waals surface area contributed by atoms with Gasteiger partial charge in [-0.05, 0) is 41.1 Å². The molecule has 106 valence electrons. The Morgan fingerprint density at radius 2 is 2.10 bits per heavy atom. The van der Waals surface area contributed by atoms with E-state index in [4.69, 9.17) is 0 Å². The molecule has 0 saturated carbocycles. The molecule has 0 fully saturated rings. The molecule has 0 aliphatic heterocycles. The number of rotatable bonds is 4. The fourth-order valence-corrected chi connectivity index (χ4v) is 1.89. The lowest BCUT2D eigenvalue weighted by Crippen LogP contribution is -2.02. The SMILES string of the molecule is CNc1ccnc(Nc2ccc(C)c(-n3cnnn3)c2)n1. The number of nitrogens with zero attached hydrogens (tertiary/aromatic N) is 6. The molecule has 0 saturated heterocycles. The number of hydrogen-bond donors (Lipinski definition) is 2. The van der Waals surface area contributed by atoms with Gasteiger partial charge in [0.05, 0.1) is 5.69 Å². The van der Waals surface area contributed by atoms with Crippen LogP contribution in [0.5, 0.6) is 0 Å². The monoisotopic (exact) mass is 282 g/mol. The Kier molecular flexibility index (Phi) is 3.42. The zero-order valence-corrected chi connectivity index (χ0v) is 11.6. The third-order valence-corrected chi connectivity index (χ3v) is 2.97. The standard InChI is InChI=1S/C13H14N8/c1-9-3-4-10(7-11(9)21-8-16-19-20-21)17-13-15-6-5-12(14-2)18-13/h3-8H,1-2H3,(H2,14,15,17,18). The van der Waals surface area contributed by atoms with E-state index >= 15 is 0 Å². The first-order valence-corrected chi connectivity index (χ1v) is 6.38. The van der Waals surface area contributed by atoms with Gasteiger partial charge in [0.1, 0.15) is 12.1 Å². The highest BCUT2D eigenvalue weighted by Crippen LogP contribution is 2.20. The van der Waals surface area contributed by atoms with Gasteiger partial charge in [-0.1, -0.05) is 6.07 Å². The van der Waals surface area contributed by atoms with E-state index < -0.39 is 0 Å². The Hall–Kier alpha value is -3.03. The second-order valence-corrected chi connectivity index (χ2v) is 4.40. The first-order valence-electron chi connectivity index (χ1n) is 6.38. The van der Waals surface area contributed by atoms with Crippen LogP contribution in [0.2, 0.25) is 0 Å². The van der Waals surface area contributed by atoms with E-state index in [-0.39, 0.29) is 0 Å². The Morgan fingerprint density at radius 3 is 2.86 bits per heavy atom. The number of tetrazole rings is 1. The summed E-state index contributed by atoms with van der Waals surface area (Å²) in [6.45, 7) is 2.00. The molecule has 0 aliphatic carbocycles. The van der Waals surface area contributed by atoms with Gasteiger partial charge in [0, 0.05) is 18.9 Å². The summed E-state index contributed by atoms with van der Waals surface area (Å²) in [5.74, 6) is 1.27. The second-order valence-electron chi connectivity index (χ2n) is 4.40. The van der Waals surface area contributed by atoms with E-state index in [1.165, 1.54) is 0 Å². The van der Waals surface area contributed by atoms with Crippen LogP contribution in [0.1, 0.15) is 5.56 Å². The van der Waals surface area contributed by atoms with E-state index in [0.717, 1.165) is 22.8 Å². The van der Waals surface area contributed by atoms with E-state index in [0.29, 0.717) is 5.95 Å². The lowest BCUT2D eigenvalue weighted by Gasteiger charge is -2.09. The van der Waals surface area contributed by atoms with E-state index in [1.807, 2.05) is 32.2 Å². The van der Waals surface area contributed by atoms with Gasteiger partial charge in [0.25, 0.3) is 0 Å². The average Bonchev–Trinajstić information content (AvgIpc) is 3.03. The smallest absolute Gasteiger partial charge is 0.229 e. The van der Waals surface area contributed by atoms with Crippen molar-refractivity contribution in [2.45, 2.75) is 6.92 Å². The van der Waals surface area contributed by atoms with Crippen molar-refractivity contribution in [3.8, 4) is 5.69 Å². The van der Waals surface area contributed by atoms with Crippen molar-refractivity contribution in [1.29, 1.82) is 0 Å². The van der Waals surface area contributed by atoms with Crippen LogP contribution in [0.15, 0.2) is 36.8 Å². The lowest BCUT2D eigenvalue weighted by molar-refractivity contribution is 0.785. The molecule has 2 N–H and O–H groups in total. The van der Waals surface area contributed by atoms with Crippen LogP contribution in [0, 0.1) is 6.92 Å². The minimum absolute atomic E-state index is 0.522. The molecule has 0 radical (unpaired) electrons. The molecule has 2 heterocycles. The van der Waals surface area contributed by atoms with Crippen molar-refractivity contribution in [2.24, 2.45) is 0 Å². The third-order valence-electron chi connectivity index (χ3n) is 2.97. The summed E-state index contributed by atoms with van der Waals surface area (Å²) in [6.07, 6.45) is 3.25. The number of aryl methyl sites for hydroxylation is 1. The number of anilines is 3. The van der Waals surface area contributed by atoms with Crippen LogP contribution in [0.25, 0.3) is 5.69 Å². The average molecular weight is 282 g/mol. The molecule has 21 heavy (non-hydrogen) atoms. The van der Waals surface area contributed by atoms with Crippen molar-refractivity contribution in [2.75, 3.05) is 17.7 Å². The van der Waals surface area contributed by atoms with Crippen molar-refractivity contribution in [3.63, 3.8) is 0 Å². The molecule has 2 aromatic heterocycles. The molecule has 8 nitrogen and oxygen atoms in total. The van der Waals surface area contributed by atoms with Crippen LogP contribution >= 0.6 is 0 Å². The van der Waals surface area contributed by atoms with Crippen molar-refractivity contribution < 1.29 is 0 Å².